The zero-order valence-electron chi connectivity index (χ0n) is 14.9. The van der Waals surface area contributed by atoms with Crippen LogP contribution in [0.4, 0.5) is 0 Å². The van der Waals surface area contributed by atoms with E-state index in [4.69, 9.17) is 0 Å². The summed E-state index contributed by atoms with van der Waals surface area (Å²) in [7, 11) is 0. The summed E-state index contributed by atoms with van der Waals surface area (Å²) in [6.45, 7) is 4.94. The van der Waals surface area contributed by atoms with Crippen molar-refractivity contribution >= 4 is 5.91 Å². The molecule has 1 aromatic rings. The minimum atomic E-state index is 0.167. The molecule has 0 aromatic heterocycles. The van der Waals surface area contributed by atoms with Crippen molar-refractivity contribution in [2.45, 2.75) is 32.1 Å². The Labute approximate surface area is 150 Å². The van der Waals surface area contributed by atoms with Gasteiger partial charge in [0.1, 0.15) is 5.75 Å². The fraction of sp³-hybridized carbons (Fsp3) is 0.650. The van der Waals surface area contributed by atoms with Crippen molar-refractivity contribution in [2.24, 2.45) is 11.8 Å². The number of aliphatic hydroxyl groups is 1. The summed E-state index contributed by atoms with van der Waals surface area (Å²) in [6, 6.07) is 7.04. The Morgan fingerprint density at radius 3 is 2.40 bits per heavy atom. The summed E-state index contributed by atoms with van der Waals surface area (Å²) >= 11 is 0. The van der Waals surface area contributed by atoms with Gasteiger partial charge in [-0.15, -0.1) is 0 Å². The second-order valence-corrected chi connectivity index (χ2v) is 7.53. The summed E-state index contributed by atoms with van der Waals surface area (Å²) in [5.74, 6) is 1.02. The molecule has 2 atom stereocenters. The number of hydrogen-bond acceptors (Lipinski definition) is 4. The van der Waals surface area contributed by atoms with Crippen molar-refractivity contribution in [1.29, 1.82) is 0 Å². The van der Waals surface area contributed by atoms with Gasteiger partial charge in [-0.1, -0.05) is 18.6 Å². The van der Waals surface area contributed by atoms with Gasteiger partial charge in [0.05, 0.1) is 0 Å². The Bertz CT molecular complexity index is 555. The van der Waals surface area contributed by atoms with E-state index in [9.17, 15) is 15.0 Å². The first-order valence-electron chi connectivity index (χ1n) is 9.54. The van der Waals surface area contributed by atoms with Gasteiger partial charge in [-0.2, -0.15) is 0 Å². The highest BCUT2D eigenvalue weighted by Crippen LogP contribution is 2.26. The molecule has 2 N–H and O–H groups in total. The zero-order valence-corrected chi connectivity index (χ0v) is 14.9. The van der Waals surface area contributed by atoms with Gasteiger partial charge in [-0.05, 0) is 56.0 Å². The fourth-order valence-corrected chi connectivity index (χ4v) is 4.10. The molecule has 3 rings (SSSR count). The SMILES string of the molecule is O=C(CCc1ccc(O)cc1)N1C[C@@H](CO)[C@@H](CN2CCCCC2)C1. The van der Waals surface area contributed by atoms with E-state index < -0.39 is 0 Å². The number of carbonyl (C=O) groups excluding carboxylic acids is 1. The average Bonchev–Trinajstić information content (AvgIpc) is 3.05. The van der Waals surface area contributed by atoms with Gasteiger partial charge in [0, 0.05) is 38.6 Å². The van der Waals surface area contributed by atoms with E-state index in [1.54, 1.807) is 12.1 Å². The molecular weight excluding hydrogens is 316 g/mol. The molecule has 138 valence electrons. The van der Waals surface area contributed by atoms with Crippen LogP contribution in [0.25, 0.3) is 0 Å². The summed E-state index contributed by atoms with van der Waals surface area (Å²) < 4.78 is 0. The maximum absolute atomic E-state index is 12.6. The van der Waals surface area contributed by atoms with Crippen molar-refractivity contribution in [3.63, 3.8) is 0 Å². The van der Waals surface area contributed by atoms with E-state index in [1.165, 1.54) is 19.3 Å². The Morgan fingerprint density at radius 1 is 1.04 bits per heavy atom. The predicted octanol–water partition coefficient (Wildman–Crippen LogP) is 1.88. The number of amides is 1. The first-order chi connectivity index (χ1) is 12.2. The molecule has 25 heavy (non-hydrogen) atoms. The standard InChI is InChI=1S/C20H30N2O3/c23-15-18-14-22(13-17(18)12-21-10-2-1-3-11-21)20(25)9-6-16-4-7-19(24)8-5-16/h4-5,7-8,17-18,23-24H,1-3,6,9-15H2/t17-,18-/m0/s1. The number of nitrogens with zero attached hydrogens (tertiary/aromatic N) is 2. The van der Waals surface area contributed by atoms with Gasteiger partial charge in [-0.25, -0.2) is 0 Å². The van der Waals surface area contributed by atoms with Crippen molar-refractivity contribution in [3.05, 3.63) is 29.8 Å². The molecule has 2 aliphatic heterocycles. The van der Waals surface area contributed by atoms with E-state index >= 15 is 0 Å². The number of aryl methyl sites for hydroxylation is 1. The van der Waals surface area contributed by atoms with Crippen LogP contribution in [0.15, 0.2) is 24.3 Å². The molecule has 1 amide bonds. The topological polar surface area (TPSA) is 64.0 Å². The molecule has 0 aliphatic carbocycles. The lowest BCUT2D eigenvalue weighted by Gasteiger charge is -2.30. The third-order valence-electron chi connectivity index (χ3n) is 5.67. The molecule has 0 bridgehead atoms. The first kappa shape index (κ1) is 18.2. The van der Waals surface area contributed by atoms with Gasteiger partial charge in [-0.3, -0.25) is 4.79 Å². The molecule has 0 saturated carbocycles. The largest absolute Gasteiger partial charge is 0.508 e. The highest BCUT2D eigenvalue weighted by atomic mass is 16.3. The number of rotatable bonds is 6. The highest BCUT2D eigenvalue weighted by Gasteiger charge is 2.35. The Hall–Kier alpha value is -1.59. The van der Waals surface area contributed by atoms with E-state index in [0.717, 1.165) is 31.7 Å². The Morgan fingerprint density at radius 2 is 1.72 bits per heavy atom. The van der Waals surface area contributed by atoms with Crippen molar-refractivity contribution in [2.75, 3.05) is 39.3 Å². The van der Waals surface area contributed by atoms with Crippen LogP contribution in [0.3, 0.4) is 0 Å². The van der Waals surface area contributed by atoms with Crippen LogP contribution in [0.1, 0.15) is 31.2 Å². The molecule has 5 heteroatoms. The maximum Gasteiger partial charge on any atom is 0.222 e. The van der Waals surface area contributed by atoms with Crippen LogP contribution in [0.5, 0.6) is 5.75 Å². The molecule has 2 fully saturated rings. The second kappa shape index (κ2) is 8.68. The van der Waals surface area contributed by atoms with Crippen LogP contribution >= 0.6 is 0 Å². The summed E-state index contributed by atoms with van der Waals surface area (Å²) in [5, 5.41) is 19.0. The Balaban J connectivity index is 1.49. The second-order valence-electron chi connectivity index (χ2n) is 7.53. The molecule has 0 unspecified atom stereocenters. The van der Waals surface area contributed by atoms with Crippen LogP contribution in [-0.2, 0) is 11.2 Å². The smallest absolute Gasteiger partial charge is 0.222 e. The number of hydrogen-bond donors (Lipinski definition) is 2. The molecule has 2 saturated heterocycles. The quantitative estimate of drug-likeness (QED) is 0.825. The van der Waals surface area contributed by atoms with Gasteiger partial charge >= 0.3 is 0 Å². The summed E-state index contributed by atoms with van der Waals surface area (Å²) in [6.07, 6.45) is 5.04. The third-order valence-corrected chi connectivity index (χ3v) is 5.67. The highest BCUT2D eigenvalue weighted by molar-refractivity contribution is 5.76. The summed E-state index contributed by atoms with van der Waals surface area (Å²) in [5.41, 5.74) is 1.06. The van der Waals surface area contributed by atoms with Crippen molar-refractivity contribution in [3.8, 4) is 5.75 Å². The number of piperidine rings is 1. The van der Waals surface area contributed by atoms with E-state index in [2.05, 4.69) is 4.90 Å². The minimum Gasteiger partial charge on any atom is -0.508 e. The molecule has 0 spiro atoms. The molecule has 1 aromatic carbocycles. The predicted molar refractivity (Wildman–Crippen MR) is 97.4 cm³/mol. The molecule has 5 nitrogen and oxygen atoms in total. The third kappa shape index (κ3) is 4.95. The van der Waals surface area contributed by atoms with Gasteiger partial charge in [0.15, 0.2) is 0 Å². The minimum absolute atomic E-state index is 0.167. The zero-order chi connectivity index (χ0) is 17.6. The van der Waals surface area contributed by atoms with E-state index in [-0.39, 0.29) is 24.2 Å². The lowest BCUT2D eigenvalue weighted by atomic mass is 9.95. The van der Waals surface area contributed by atoms with Gasteiger partial charge in [0.2, 0.25) is 5.91 Å². The summed E-state index contributed by atoms with van der Waals surface area (Å²) in [4.78, 5) is 17.0. The molecular formula is C20H30N2O3. The van der Waals surface area contributed by atoms with Gasteiger partial charge < -0.3 is 20.0 Å². The fourth-order valence-electron chi connectivity index (χ4n) is 4.10. The number of carbonyl (C=O) groups is 1. The molecule has 2 heterocycles. The molecule has 0 radical (unpaired) electrons. The van der Waals surface area contributed by atoms with Crippen LogP contribution in [0, 0.1) is 11.8 Å². The monoisotopic (exact) mass is 346 g/mol. The number of aliphatic hydroxyl groups excluding tert-OH is 1. The van der Waals surface area contributed by atoms with Crippen LogP contribution < -0.4 is 0 Å². The Kier molecular flexibility index (Phi) is 6.32. The average molecular weight is 346 g/mol. The number of likely N-dealkylation sites (tertiary alicyclic amines) is 2. The normalized spacial score (nSPS) is 24.6. The van der Waals surface area contributed by atoms with Crippen molar-refractivity contribution < 1.29 is 15.0 Å². The lowest BCUT2D eigenvalue weighted by Crippen LogP contribution is -2.37. The maximum atomic E-state index is 12.6. The number of benzene rings is 1. The van der Waals surface area contributed by atoms with Crippen LogP contribution in [-0.4, -0.2) is 65.3 Å². The number of phenolic OH excluding ortho intramolecular Hbond substituents is 1. The van der Waals surface area contributed by atoms with Crippen LogP contribution in [0.2, 0.25) is 0 Å². The molecule has 2 aliphatic rings. The first-order valence-corrected chi connectivity index (χ1v) is 9.54. The lowest BCUT2D eigenvalue weighted by molar-refractivity contribution is -0.130. The van der Waals surface area contributed by atoms with E-state index in [0.29, 0.717) is 25.3 Å². The number of aromatic hydroxyl groups is 1. The van der Waals surface area contributed by atoms with Gasteiger partial charge in [0.25, 0.3) is 0 Å². The van der Waals surface area contributed by atoms with Crippen molar-refractivity contribution in [1.82, 2.24) is 9.80 Å². The van der Waals surface area contributed by atoms with E-state index in [1.807, 2.05) is 17.0 Å². The number of phenols is 1.